The summed E-state index contributed by atoms with van der Waals surface area (Å²) in [6.07, 6.45) is 34.9. The molecule has 5 rings (SSSR count). The van der Waals surface area contributed by atoms with Crippen LogP contribution in [-0.4, -0.2) is 0 Å². The highest BCUT2D eigenvalue weighted by Gasteiger charge is 2.27. The number of allylic oxidation sites excluding steroid dienone is 12. The van der Waals surface area contributed by atoms with Crippen molar-refractivity contribution in [3.63, 3.8) is 0 Å². The average Bonchev–Trinajstić information content (AvgIpc) is 2.99. The molecule has 0 heterocycles. The summed E-state index contributed by atoms with van der Waals surface area (Å²) in [6.45, 7) is 2.27. The van der Waals surface area contributed by atoms with E-state index in [0.717, 1.165) is 12.3 Å². The molecule has 0 heteroatoms. The van der Waals surface area contributed by atoms with Gasteiger partial charge in [0.2, 0.25) is 0 Å². The highest BCUT2D eigenvalue weighted by atomic mass is 14.3. The van der Waals surface area contributed by atoms with Gasteiger partial charge in [-0.25, -0.2) is 0 Å². The molecular formula is C38H44. The lowest BCUT2D eigenvalue weighted by Crippen LogP contribution is -2.20. The standard InChI is InChI=1S/C38H44/c1-2-3-4-11-19-38(37-18-12-17-36(29-37)33-15-9-6-10-16-33)35-26-22-31(23-27-35)28-30-20-24-34(25-21-30)32-13-7-5-8-14-32/h4-15,17-18,20-21,24-26,31,33,36,38H,2-3,16,19,22-23,27-29H2,1H3/b11-4-. The molecule has 0 saturated carbocycles. The lowest BCUT2D eigenvalue weighted by atomic mass is 9.72. The minimum absolute atomic E-state index is 0.574. The van der Waals surface area contributed by atoms with Gasteiger partial charge in [-0.05, 0) is 85.8 Å². The van der Waals surface area contributed by atoms with E-state index in [-0.39, 0.29) is 0 Å². The number of hydrogen-bond acceptors (Lipinski definition) is 0. The topological polar surface area (TPSA) is 0 Å². The Hall–Kier alpha value is -3.12. The van der Waals surface area contributed by atoms with Crippen LogP contribution in [0.3, 0.4) is 0 Å². The zero-order valence-corrected chi connectivity index (χ0v) is 23.1. The minimum atomic E-state index is 0.574. The number of hydrogen-bond donors (Lipinski definition) is 0. The van der Waals surface area contributed by atoms with E-state index in [0.29, 0.717) is 17.8 Å². The molecule has 0 amide bonds. The lowest BCUT2D eigenvalue weighted by Gasteiger charge is -2.32. The molecule has 38 heavy (non-hydrogen) atoms. The fourth-order valence-corrected chi connectivity index (χ4v) is 6.47. The Kier molecular flexibility index (Phi) is 9.48. The van der Waals surface area contributed by atoms with Crippen LogP contribution >= 0.6 is 0 Å². The second kappa shape index (κ2) is 13.6. The molecule has 0 bridgehead atoms. The summed E-state index contributed by atoms with van der Waals surface area (Å²) in [4.78, 5) is 0. The van der Waals surface area contributed by atoms with Crippen LogP contribution in [0.15, 0.2) is 127 Å². The van der Waals surface area contributed by atoms with Crippen molar-refractivity contribution in [3.05, 3.63) is 132 Å². The Morgan fingerprint density at radius 2 is 1.63 bits per heavy atom. The number of benzene rings is 2. The Morgan fingerprint density at radius 3 is 2.37 bits per heavy atom. The second-order valence-corrected chi connectivity index (χ2v) is 11.4. The van der Waals surface area contributed by atoms with Crippen LogP contribution in [0.25, 0.3) is 11.1 Å². The first-order valence-corrected chi connectivity index (χ1v) is 15.0. The minimum Gasteiger partial charge on any atom is -0.0885 e. The highest BCUT2D eigenvalue weighted by Crippen LogP contribution is 2.40. The van der Waals surface area contributed by atoms with Crippen molar-refractivity contribution in [2.75, 3.05) is 0 Å². The van der Waals surface area contributed by atoms with Gasteiger partial charge >= 0.3 is 0 Å². The van der Waals surface area contributed by atoms with Crippen molar-refractivity contribution in [2.45, 2.75) is 64.7 Å². The molecule has 0 saturated heterocycles. The summed E-state index contributed by atoms with van der Waals surface area (Å²) in [5.74, 6) is 2.61. The van der Waals surface area contributed by atoms with Crippen molar-refractivity contribution in [1.82, 2.24) is 0 Å². The Balaban J connectivity index is 1.23. The number of rotatable bonds is 10. The summed E-state index contributed by atoms with van der Waals surface area (Å²) < 4.78 is 0. The van der Waals surface area contributed by atoms with Crippen LogP contribution in [0.1, 0.15) is 63.9 Å². The molecule has 0 radical (unpaired) electrons. The summed E-state index contributed by atoms with van der Waals surface area (Å²) >= 11 is 0. The second-order valence-electron chi connectivity index (χ2n) is 11.4. The molecule has 4 unspecified atom stereocenters. The Morgan fingerprint density at radius 1 is 0.816 bits per heavy atom. The molecule has 0 nitrogen and oxygen atoms in total. The van der Waals surface area contributed by atoms with Gasteiger partial charge in [-0.15, -0.1) is 0 Å². The fraction of sp³-hybridized carbons (Fsp3) is 0.368. The molecule has 2 aromatic rings. The maximum absolute atomic E-state index is 2.63. The van der Waals surface area contributed by atoms with E-state index in [1.807, 2.05) is 0 Å². The summed E-state index contributed by atoms with van der Waals surface area (Å²) in [6, 6.07) is 20.0. The molecule has 2 aromatic carbocycles. The molecule has 0 fully saturated rings. The Bertz CT molecular complexity index is 1200. The van der Waals surface area contributed by atoms with Gasteiger partial charge in [-0.2, -0.15) is 0 Å². The summed E-state index contributed by atoms with van der Waals surface area (Å²) in [5, 5.41) is 0. The van der Waals surface area contributed by atoms with E-state index in [1.165, 1.54) is 68.1 Å². The fourth-order valence-electron chi connectivity index (χ4n) is 6.47. The molecule has 0 spiro atoms. The predicted molar refractivity (Wildman–Crippen MR) is 165 cm³/mol. The van der Waals surface area contributed by atoms with Crippen LogP contribution in [0.4, 0.5) is 0 Å². The molecule has 0 N–H and O–H groups in total. The smallest absolute Gasteiger partial charge is 0.00448 e. The van der Waals surface area contributed by atoms with Gasteiger partial charge < -0.3 is 0 Å². The van der Waals surface area contributed by atoms with Gasteiger partial charge in [0, 0.05) is 5.92 Å². The maximum atomic E-state index is 2.63. The van der Waals surface area contributed by atoms with E-state index < -0.39 is 0 Å². The zero-order chi connectivity index (χ0) is 26.0. The third-order valence-corrected chi connectivity index (χ3v) is 8.73. The normalized spacial score (nSPS) is 23.9. The van der Waals surface area contributed by atoms with E-state index in [2.05, 4.69) is 122 Å². The largest absolute Gasteiger partial charge is 0.0885 e. The van der Waals surface area contributed by atoms with E-state index in [9.17, 15) is 0 Å². The average molecular weight is 501 g/mol. The van der Waals surface area contributed by atoms with Crippen molar-refractivity contribution in [1.29, 1.82) is 0 Å². The third kappa shape index (κ3) is 7.04. The van der Waals surface area contributed by atoms with Crippen LogP contribution in [0.5, 0.6) is 0 Å². The zero-order valence-electron chi connectivity index (χ0n) is 23.1. The van der Waals surface area contributed by atoms with Gasteiger partial charge in [0.05, 0.1) is 0 Å². The summed E-state index contributed by atoms with van der Waals surface area (Å²) in [5.41, 5.74) is 7.44. The molecule has 196 valence electrons. The first-order valence-electron chi connectivity index (χ1n) is 15.0. The molecule has 0 aliphatic heterocycles. The van der Waals surface area contributed by atoms with Crippen LogP contribution in [-0.2, 0) is 6.42 Å². The maximum Gasteiger partial charge on any atom is 0.00448 e. The van der Waals surface area contributed by atoms with Crippen molar-refractivity contribution in [2.24, 2.45) is 23.7 Å². The number of unbranched alkanes of at least 4 members (excludes halogenated alkanes) is 1. The molecule has 4 atom stereocenters. The van der Waals surface area contributed by atoms with Gasteiger partial charge in [0.25, 0.3) is 0 Å². The Labute approximate surface area is 231 Å². The van der Waals surface area contributed by atoms with E-state index in [4.69, 9.17) is 0 Å². The molecule has 3 aliphatic carbocycles. The van der Waals surface area contributed by atoms with Crippen LogP contribution in [0, 0.1) is 23.7 Å². The van der Waals surface area contributed by atoms with E-state index >= 15 is 0 Å². The first-order chi connectivity index (χ1) is 18.8. The van der Waals surface area contributed by atoms with Crippen LogP contribution < -0.4 is 0 Å². The molecular weight excluding hydrogens is 456 g/mol. The van der Waals surface area contributed by atoms with Gasteiger partial charge in [0.15, 0.2) is 0 Å². The van der Waals surface area contributed by atoms with Crippen LogP contribution in [0.2, 0.25) is 0 Å². The third-order valence-electron chi connectivity index (χ3n) is 8.73. The molecule has 0 aromatic heterocycles. The highest BCUT2D eigenvalue weighted by molar-refractivity contribution is 5.63. The van der Waals surface area contributed by atoms with Gasteiger partial charge in [0.1, 0.15) is 0 Å². The quantitative estimate of drug-likeness (QED) is 0.285. The van der Waals surface area contributed by atoms with E-state index in [1.54, 1.807) is 11.1 Å². The SMILES string of the molecule is CCC/C=C\CC(C1=CCC(Cc2ccc(-c3ccccc3)cc2)CC1)C1=CC=CC(C2C=CC=CC2)C1. The van der Waals surface area contributed by atoms with Gasteiger partial charge in [-0.1, -0.05) is 140 Å². The van der Waals surface area contributed by atoms with Crippen molar-refractivity contribution < 1.29 is 0 Å². The van der Waals surface area contributed by atoms with Crippen molar-refractivity contribution >= 4 is 0 Å². The summed E-state index contributed by atoms with van der Waals surface area (Å²) in [7, 11) is 0. The molecule has 3 aliphatic rings. The first kappa shape index (κ1) is 26.5. The van der Waals surface area contributed by atoms with Gasteiger partial charge in [-0.3, -0.25) is 0 Å². The predicted octanol–water partition coefficient (Wildman–Crippen LogP) is 10.6. The lowest BCUT2D eigenvalue weighted by molar-refractivity contribution is 0.428. The van der Waals surface area contributed by atoms with Crippen molar-refractivity contribution in [3.8, 4) is 11.1 Å². The monoisotopic (exact) mass is 500 g/mol.